The molecule has 0 radical (unpaired) electrons. The van der Waals surface area contributed by atoms with Crippen molar-refractivity contribution in [3.63, 3.8) is 0 Å². The second-order valence-corrected chi connectivity index (χ2v) is 7.45. The van der Waals surface area contributed by atoms with Crippen LogP contribution < -0.4 is 5.32 Å². The van der Waals surface area contributed by atoms with E-state index in [9.17, 15) is 30.3 Å². The molecule has 0 saturated carbocycles. The fourth-order valence-corrected chi connectivity index (χ4v) is 3.05. The van der Waals surface area contributed by atoms with Crippen LogP contribution in [0.3, 0.4) is 0 Å². The Hall–Kier alpha value is -1.59. The molecule has 0 aromatic heterocycles. The number of unbranched alkanes of at least 4 members (excludes halogenated alkanes) is 2. The van der Waals surface area contributed by atoms with Crippen molar-refractivity contribution in [2.75, 3.05) is 13.2 Å². The van der Waals surface area contributed by atoms with Crippen LogP contribution in [0.2, 0.25) is 0 Å². The van der Waals surface area contributed by atoms with E-state index in [2.05, 4.69) is 23.5 Å². The van der Waals surface area contributed by atoms with Gasteiger partial charge in [-0.05, 0) is 32.6 Å². The second kappa shape index (κ2) is 15.3. The highest BCUT2D eigenvalue weighted by Crippen LogP contribution is 2.22. The van der Waals surface area contributed by atoms with Gasteiger partial charge in [-0.15, -0.1) is 0 Å². The van der Waals surface area contributed by atoms with Gasteiger partial charge in [-0.2, -0.15) is 0 Å². The van der Waals surface area contributed by atoms with Crippen molar-refractivity contribution in [1.29, 1.82) is 0 Å². The number of aliphatic hydroxyl groups is 5. The van der Waals surface area contributed by atoms with Crippen LogP contribution in [-0.2, 0) is 14.3 Å². The van der Waals surface area contributed by atoms with Crippen LogP contribution >= 0.6 is 0 Å². The third-order valence-corrected chi connectivity index (χ3v) is 4.83. The highest BCUT2D eigenvalue weighted by Gasteiger charge is 2.44. The van der Waals surface area contributed by atoms with Gasteiger partial charge < -0.3 is 40.3 Å². The Labute approximate surface area is 183 Å². The van der Waals surface area contributed by atoms with Gasteiger partial charge in [-0.3, -0.25) is 4.79 Å². The lowest BCUT2D eigenvalue weighted by Gasteiger charge is -2.40. The van der Waals surface area contributed by atoms with Gasteiger partial charge >= 0.3 is 0 Å². The minimum absolute atomic E-state index is 0.224. The van der Waals surface area contributed by atoms with Gasteiger partial charge in [0.2, 0.25) is 5.91 Å². The van der Waals surface area contributed by atoms with Gasteiger partial charge in [0.15, 0.2) is 6.29 Å². The summed E-state index contributed by atoms with van der Waals surface area (Å²) in [5.41, 5.74) is 0. The first-order chi connectivity index (χ1) is 14.8. The van der Waals surface area contributed by atoms with Crippen LogP contribution in [0.25, 0.3) is 0 Å². The SMILES string of the molecule is C/C=C/CC/C=C/CC/C=C/C(O)C(COC1OC(CO)C(O)C(O)C1O)NC(C)=O. The lowest BCUT2D eigenvalue weighted by Crippen LogP contribution is -2.60. The third kappa shape index (κ3) is 10.0. The lowest BCUT2D eigenvalue weighted by atomic mass is 9.99. The predicted octanol–water partition coefficient (Wildman–Crippen LogP) is -0.0826. The summed E-state index contributed by atoms with van der Waals surface area (Å²) in [7, 11) is 0. The number of carbonyl (C=O) groups is 1. The topological polar surface area (TPSA) is 149 Å². The van der Waals surface area contributed by atoms with E-state index in [-0.39, 0.29) is 12.5 Å². The maximum absolute atomic E-state index is 11.5. The number of ether oxygens (including phenoxy) is 2. The van der Waals surface area contributed by atoms with Crippen LogP contribution in [0.15, 0.2) is 36.5 Å². The minimum Gasteiger partial charge on any atom is -0.394 e. The molecule has 0 aliphatic carbocycles. The maximum Gasteiger partial charge on any atom is 0.217 e. The Balaban J connectivity index is 2.54. The van der Waals surface area contributed by atoms with E-state index in [1.54, 1.807) is 6.08 Å². The van der Waals surface area contributed by atoms with Crippen LogP contribution in [0, 0.1) is 0 Å². The number of allylic oxidation sites excluding steroid dienone is 5. The zero-order chi connectivity index (χ0) is 23.2. The molecule has 7 atom stereocenters. The minimum atomic E-state index is -1.56. The molecule has 0 aromatic carbocycles. The Morgan fingerprint density at radius 2 is 1.65 bits per heavy atom. The van der Waals surface area contributed by atoms with Gasteiger partial charge in [0.05, 0.1) is 25.4 Å². The molecule has 0 spiro atoms. The number of amides is 1. The average molecular weight is 444 g/mol. The molecule has 1 heterocycles. The molecular formula is C22H37NO8. The van der Waals surface area contributed by atoms with Crippen molar-refractivity contribution in [3.05, 3.63) is 36.5 Å². The summed E-state index contributed by atoms with van der Waals surface area (Å²) in [6.07, 6.45) is 7.13. The largest absolute Gasteiger partial charge is 0.394 e. The normalized spacial score (nSPS) is 29.1. The van der Waals surface area contributed by atoms with E-state index >= 15 is 0 Å². The molecular weight excluding hydrogens is 406 g/mol. The molecule has 1 aliphatic rings. The quantitative estimate of drug-likeness (QED) is 0.171. The summed E-state index contributed by atoms with van der Waals surface area (Å²) in [5.74, 6) is -0.376. The Bertz CT molecular complexity index is 592. The first-order valence-electron chi connectivity index (χ1n) is 10.6. The third-order valence-electron chi connectivity index (χ3n) is 4.83. The van der Waals surface area contributed by atoms with E-state index in [1.807, 2.05) is 19.1 Å². The van der Waals surface area contributed by atoms with Gasteiger partial charge in [0, 0.05) is 6.92 Å². The number of carbonyl (C=O) groups excluding carboxylic acids is 1. The molecule has 1 amide bonds. The highest BCUT2D eigenvalue weighted by atomic mass is 16.7. The predicted molar refractivity (Wildman–Crippen MR) is 115 cm³/mol. The number of rotatable bonds is 13. The highest BCUT2D eigenvalue weighted by molar-refractivity contribution is 5.73. The van der Waals surface area contributed by atoms with E-state index in [1.165, 1.54) is 6.92 Å². The van der Waals surface area contributed by atoms with Gasteiger partial charge in [0.25, 0.3) is 0 Å². The summed E-state index contributed by atoms with van der Waals surface area (Å²) >= 11 is 0. The van der Waals surface area contributed by atoms with Crippen LogP contribution in [0.5, 0.6) is 0 Å². The summed E-state index contributed by atoms with van der Waals surface area (Å²) in [5, 5.41) is 51.9. The molecule has 31 heavy (non-hydrogen) atoms. The molecule has 9 heteroatoms. The molecule has 9 nitrogen and oxygen atoms in total. The lowest BCUT2D eigenvalue weighted by molar-refractivity contribution is -0.302. The van der Waals surface area contributed by atoms with Gasteiger partial charge in [0.1, 0.15) is 24.4 Å². The molecule has 6 N–H and O–H groups in total. The van der Waals surface area contributed by atoms with Crippen molar-refractivity contribution in [2.24, 2.45) is 0 Å². The number of hydrogen-bond donors (Lipinski definition) is 6. The number of nitrogens with one attached hydrogen (secondary N) is 1. The zero-order valence-corrected chi connectivity index (χ0v) is 18.2. The summed E-state index contributed by atoms with van der Waals surface area (Å²) in [6.45, 7) is 2.49. The molecule has 1 aliphatic heterocycles. The molecule has 1 saturated heterocycles. The summed E-state index contributed by atoms with van der Waals surface area (Å²) in [6, 6.07) is -0.822. The molecule has 178 valence electrons. The maximum atomic E-state index is 11.5. The van der Waals surface area contributed by atoms with Gasteiger partial charge in [-0.25, -0.2) is 0 Å². The molecule has 0 bridgehead atoms. The first-order valence-corrected chi connectivity index (χ1v) is 10.6. The summed E-state index contributed by atoms with van der Waals surface area (Å²) < 4.78 is 10.7. The fraction of sp³-hybridized carbons (Fsp3) is 0.682. The van der Waals surface area contributed by atoms with Crippen molar-refractivity contribution in [2.45, 2.75) is 82.4 Å². The van der Waals surface area contributed by atoms with E-state index < -0.39 is 49.5 Å². The molecule has 0 aromatic rings. The fourth-order valence-electron chi connectivity index (χ4n) is 3.05. The second-order valence-electron chi connectivity index (χ2n) is 7.45. The van der Waals surface area contributed by atoms with Gasteiger partial charge in [-0.1, -0.05) is 36.5 Å². The van der Waals surface area contributed by atoms with Crippen LogP contribution in [0.4, 0.5) is 0 Å². The van der Waals surface area contributed by atoms with E-state index in [0.29, 0.717) is 0 Å². The van der Waals surface area contributed by atoms with Crippen LogP contribution in [-0.4, -0.2) is 87.5 Å². The van der Waals surface area contributed by atoms with E-state index in [4.69, 9.17) is 9.47 Å². The van der Waals surface area contributed by atoms with Crippen molar-refractivity contribution in [3.8, 4) is 0 Å². The molecule has 1 rings (SSSR count). The first kappa shape index (κ1) is 27.4. The number of aliphatic hydroxyl groups excluding tert-OH is 5. The van der Waals surface area contributed by atoms with Crippen LogP contribution in [0.1, 0.15) is 39.5 Å². The van der Waals surface area contributed by atoms with E-state index in [0.717, 1.165) is 25.7 Å². The Morgan fingerprint density at radius 3 is 2.23 bits per heavy atom. The standard InChI is InChI=1S/C22H37NO8/c1-3-4-5-6-7-8-9-10-11-12-17(26)16(23-15(2)25)14-30-22-21(29)20(28)19(27)18(13-24)31-22/h3-4,7-8,11-12,16-22,24,26-29H,5-6,9-10,13-14H2,1-2H3,(H,23,25)/b4-3+,8-7+,12-11+. The van der Waals surface area contributed by atoms with Crippen molar-refractivity contribution in [1.82, 2.24) is 5.32 Å². The summed E-state index contributed by atoms with van der Waals surface area (Å²) in [4.78, 5) is 11.5. The Kier molecular flexibility index (Phi) is 13.5. The Morgan fingerprint density at radius 1 is 1.03 bits per heavy atom. The monoisotopic (exact) mass is 443 g/mol. The van der Waals surface area contributed by atoms with Crippen molar-refractivity contribution >= 4 is 5.91 Å². The smallest absolute Gasteiger partial charge is 0.217 e. The zero-order valence-electron chi connectivity index (χ0n) is 18.2. The average Bonchev–Trinajstić information content (AvgIpc) is 2.74. The molecule has 7 unspecified atom stereocenters. The van der Waals surface area contributed by atoms with Crippen molar-refractivity contribution < 1.29 is 39.8 Å². The molecule has 1 fully saturated rings. The number of hydrogen-bond acceptors (Lipinski definition) is 8.